The fourth-order valence-corrected chi connectivity index (χ4v) is 3.39. The quantitative estimate of drug-likeness (QED) is 0.109. The topological polar surface area (TPSA) is 69.4 Å². The van der Waals surface area contributed by atoms with Crippen molar-refractivity contribution in [3.05, 3.63) is 24.3 Å². The minimum Gasteiger partial charge on any atom is -0.453 e. The van der Waals surface area contributed by atoms with E-state index in [0.29, 0.717) is 0 Å². The first-order valence-corrected chi connectivity index (χ1v) is 12.1. The molecule has 0 aliphatic carbocycles. The number of aldehydes is 1. The summed E-state index contributed by atoms with van der Waals surface area (Å²) in [5.41, 5.74) is 4.76. The van der Waals surface area contributed by atoms with Crippen LogP contribution in [0, 0.1) is 5.92 Å². The number of nitrogens with two attached hydrogens (primary N) is 1. The number of rotatable bonds is 19. The molecule has 0 heterocycles. The molecule has 0 fully saturated rings. The molecule has 30 heavy (non-hydrogen) atoms. The monoisotopic (exact) mass is 421 g/mol. The van der Waals surface area contributed by atoms with E-state index in [1.165, 1.54) is 25.7 Å². The maximum Gasteiger partial charge on any atom is 0.326 e. The number of ether oxygens (including phenoxy) is 1. The van der Waals surface area contributed by atoms with Crippen molar-refractivity contribution in [2.45, 2.75) is 123 Å². The highest BCUT2D eigenvalue weighted by Gasteiger charge is 2.30. The number of hydrogen-bond donors (Lipinski definition) is 1. The summed E-state index contributed by atoms with van der Waals surface area (Å²) in [7, 11) is 0. The van der Waals surface area contributed by atoms with Gasteiger partial charge in [0.25, 0.3) is 0 Å². The van der Waals surface area contributed by atoms with Crippen molar-refractivity contribution in [3.8, 4) is 0 Å². The lowest BCUT2D eigenvalue weighted by Crippen LogP contribution is -2.45. The summed E-state index contributed by atoms with van der Waals surface area (Å²) in [6, 6.07) is 0. The van der Waals surface area contributed by atoms with Gasteiger partial charge in [0.1, 0.15) is 5.54 Å². The normalized spacial score (nSPS) is 14.3. The number of carbonyl (C=O) groups is 2. The van der Waals surface area contributed by atoms with E-state index < -0.39 is 17.6 Å². The van der Waals surface area contributed by atoms with Crippen LogP contribution >= 0.6 is 0 Å². The Labute approximate surface area is 185 Å². The maximum atomic E-state index is 12.2. The van der Waals surface area contributed by atoms with Gasteiger partial charge in [0.2, 0.25) is 0 Å². The van der Waals surface area contributed by atoms with Gasteiger partial charge in [-0.25, -0.2) is 0 Å². The number of unbranched alkanes of at least 4 members (excludes halogenated alkanes) is 7. The fourth-order valence-electron chi connectivity index (χ4n) is 3.39. The molecule has 2 unspecified atom stereocenters. The molecule has 0 aromatic carbocycles. The van der Waals surface area contributed by atoms with Gasteiger partial charge < -0.3 is 10.5 Å². The van der Waals surface area contributed by atoms with Crippen molar-refractivity contribution >= 4 is 12.3 Å². The second-order valence-corrected chi connectivity index (χ2v) is 8.92. The summed E-state index contributed by atoms with van der Waals surface area (Å²) in [6.45, 7) is 7.58. The van der Waals surface area contributed by atoms with Crippen LogP contribution in [-0.4, -0.2) is 23.9 Å². The largest absolute Gasteiger partial charge is 0.453 e. The molecule has 2 atom stereocenters. The molecule has 4 heteroatoms. The molecule has 0 amide bonds. The number of esters is 1. The lowest BCUT2D eigenvalue weighted by molar-refractivity contribution is -0.159. The van der Waals surface area contributed by atoms with Crippen LogP contribution in [0.15, 0.2) is 24.3 Å². The van der Waals surface area contributed by atoms with Crippen LogP contribution in [-0.2, 0) is 14.3 Å². The van der Waals surface area contributed by atoms with Crippen LogP contribution in [0.3, 0.4) is 0 Å². The van der Waals surface area contributed by atoms with Crippen molar-refractivity contribution in [2.24, 2.45) is 11.7 Å². The lowest BCUT2D eigenvalue weighted by atomic mass is 9.90. The Balaban J connectivity index is 4.48. The fraction of sp³-hybridized carbons (Fsp3) is 0.769. The zero-order valence-electron chi connectivity index (χ0n) is 20.0. The van der Waals surface area contributed by atoms with E-state index in [-0.39, 0.29) is 5.92 Å². The lowest BCUT2D eigenvalue weighted by Gasteiger charge is -2.26. The van der Waals surface area contributed by atoms with Crippen LogP contribution in [0.4, 0.5) is 0 Å². The van der Waals surface area contributed by atoms with Crippen molar-refractivity contribution in [1.29, 1.82) is 0 Å². The second-order valence-electron chi connectivity index (χ2n) is 8.92. The third-order valence-corrected chi connectivity index (χ3v) is 5.33. The van der Waals surface area contributed by atoms with Crippen LogP contribution in [0.2, 0.25) is 0 Å². The smallest absolute Gasteiger partial charge is 0.326 e. The number of hydrogen-bond acceptors (Lipinski definition) is 4. The van der Waals surface area contributed by atoms with E-state index >= 15 is 0 Å². The molecule has 4 nitrogen and oxygen atoms in total. The zero-order valence-corrected chi connectivity index (χ0v) is 20.0. The molecule has 0 rings (SSSR count). The summed E-state index contributed by atoms with van der Waals surface area (Å²) >= 11 is 0. The molecule has 174 valence electrons. The van der Waals surface area contributed by atoms with E-state index in [1.807, 2.05) is 0 Å². The number of allylic oxidation sites excluding steroid dienone is 4. The summed E-state index contributed by atoms with van der Waals surface area (Å²) < 4.78 is 5.50. The van der Waals surface area contributed by atoms with Crippen molar-refractivity contribution in [2.75, 3.05) is 0 Å². The van der Waals surface area contributed by atoms with Crippen molar-refractivity contribution in [3.63, 3.8) is 0 Å². The summed E-state index contributed by atoms with van der Waals surface area (Å²) in [5, 5.41) is 0. The molecule has 0 aliphatic rings. The van der Waals surface area contributed by atoms with E-state index in [1.54, 1.807) is 13.8 Å². The molecule has 0 spiro atoms. The zero-order chi connectivity index (χ0) is 22.7. The molecular formula is C26H47NO3. The Hall–Kier alpha value is -1.42. The van der Waals surface area contributed by atoms with Crippen LogP contribution in [0.1, 0.15) is 111 Å². The number of carbonyl (C=O) groups excluding carboxylic acids is 2. The molecule has 0 radical (unpaired) electrons. The van der Waals surface area contributed by atoms with Gasteiger partial charge in [0.15, 0.2) is 12.4 Å². The SMILES string of the molecule is CCC=CCC=CCCCCCC(CCCCCCC)C(C=O)OC(=O)C(C)(C)N. The Morgan fingerprint density at radius 3 is 2.07 bits per heavy atom. The first kappa shape index (κ1) is 28.6. The Kier molecular flexibility index (Phi) is 17.5. The summed E-state index contributed by atoms with van der Waals surface area (Å²) in [5.74, 6) is -0.414. The highest BCUT2D eigenvalue weighted by molar-refractivity contribution is 5.81. The molecule has 0 aliphatic heterocycles. The third-order valence-electron chi connectivity index (χ3n) is 5.33. The van der Waals surface area contributed by atoms with Gasteiger partial charge in [-0.15, -0.1) is 0 Å². The van der Waals surface area contributed by atoms with Crippen molar-refractivity contribution < 1.29 is 14.3 Å². The molecule has 0 saturated carbocycles. The second kappa shape index (κ2) is 18.4. The molecule has 0 bridgehead atoms. The predicted molar refractivity (Wildman–Crippen MR) is 127 cm³/mol. The van der Waals surface area contributed by atoms with Gasteiger partial charge in [-0.05, 0) is 52.4 Å². The molecular weight excluding hydrogens is 374 g/mol. The molecule has 2 N–H and O–H groups in total. The maximum absolute atomic E-state index is 12.2. The first-order valence-electron chi connectivity index (χ1n) is 12.1. The Morgan fingerprint density at radius 2 is 1.50 bits per heavy atom. The molecule has 0 saturated heterocycles. The van der Waals surface area contributed by atoms with Gasteiger partial charge in [-0.2, -0.15) is 0 Å². The predicted octanol–water partition coefficient (Wildman–Crippen LogP) is 6.67. The highest BCUT2D eigenvalue weighted by atomic mass is 16.5. The van der Waals surface area contributed by atoms with Gasteiger partial charge in [0, 0.05) is 5.92 Å². The van der Waals surface area contributed by atoms with Crippen LogP contribution in [0.25, 0.3) is 0 Å². The highest BCUT2D eigenvalue weighted by Crippen LogP contribution is 2.24. The van der Waals surface area contributed by atoms with E-state index in [0.717, 1.165) is 64.1 Å². The van der Waals surface area contributed by atoms with Crippen molar-refractivity contribution in [1.82, 2.24) is 0 Å². The van der Waals surface area contributed by atoms with Gasteiger partial charge in [-0.1, -0.05) is 83.1 Å². The van der Waals surface area contributed by atoms with Crippen LogP contribution in [0.5, 0.6) is 0 Å². The molecule has 0 aromatic heterocycles. The minimum atomic E-state index is -1.08. The Bertz CT molecular complexity index is 491. The standard InChI is InChI=1S/C26H47NO3/c1-5-7-9-11-12-13-14-15-17-19-21-23(20-18-16-10-8-6-2)24(22-28)30-25(29)26(3,4)27/h7,9,12-13,22-24H,5-6,8,10-11,14-21,27H2,1-4H3. The molecule has 0 aromatic rings. The first-order chi connectivity index (χ1) is 14.4. The van der Waals surface area contributed by atoms with E-state index in [9.17, 15) is 9.59 Å². The minimum absolute atomic E-state index is 0.0881. The average molecular weight is 422 g/mol. The van der Waals surface area contributed by atoms with Crippen LogP contribution < -0.4 is 5.73 Å². The van der Waals surface area contributed by atoms with E-state index in [4.69, 9.17) is 10.5 Å². The summed E-state index contributed by atoms with van der Waals surface area (Å²) in [4.78, 5) is 23.9. The third kappa shape index (κ3) is 15.4. The van der Waals surface area contributed by atoms with E-state index in [2.05, 4.69) is 38.2 Å². The van der Waals surface area contributed by atoms with Gasteiger partial charge >= 0.3 is 5.97 Å². The van der Waals surface area contributed by atoms with Gasteiger partial charge in [-0.3, -0.25) is 9.59 Å². The Morgan fingerprint density at radius 1 is 0.900 bits per heavy atom. The summed E-state index contributed by atoms with van der Waals surface area (Å²) in [6.07, 6.45) is 23.3. The average Bonchev–Trinajstić information content (AvgIpc) is 2.71. The van der Waals surface area contributed by atoms with Gasteiger partial charge in [0.05, 0.1) is 0 Å².